The van der Waals surface area contributed by atoms with Crippen molar-refractivity contribution in [2.24, 2.45) is 5.92 Å². The van der Waals surface area contributed by atoms with Crippen molar-refractivity contribution in [2.75, 3.05) is 25.1 Å². The Hall–Kier alpha value is -1.50. The van der Waals surface area contributed by atoms with Crippen LogP contribution >= 0.6 is 11.8 Å². The zero-order valence-electron chi connectivity index (χ0n) is 14.6. The lowest BCUT2D eigenvalue weighted by molar-refractivity contribution is -0.140. The lowest BCUT2D eigenvalue weighted by Crippen LogP contribution is -2.47. The van der Waals surface area contributed by atoms with E-state index >= 15 is 0 Å². The summed E-state index contributed by atoms with van der Waals surface area (Å²) in [5.74, 6) is 1.89. The first kappa shape index (κ1) is 17.3. The molecule has 3 saturated heterocycles. The summed E-state index contributed by atoms with van der Waals surface area (Å²) in [5, 5.41) is 3.99. The van der Waals surface area contributed by atoms with Crippen LogP contribution < -0.4 is 0 Å². The van der Waals surface area contributed by atoms with Crippen LogP contribution in [-0.2, 0) is 16.1 Å². The molecule has 2 amide bonds. The number of hydrogen-bond acceptors (Lipinski definition) is 5. The van der Waals surface area contributed by atoms with E-state index in [4.69, 9.17) is 4.52 Å². The second kappa shape index (κ2) is 7.17. The molecule has 0 aliphatic carbocycles. The van der Waals surface area contributed by atoms with E-state index in [0.29, 0.717) is 26.1 Å². The molecule has 7 heteroatoms. The number of nitrogens with zero attached hydrogens (tertiary/aromatic N) is 3. The minimum Gasteiger partial charge on any atom is -0.361 e. The fourth-order valence-electron chi connectivity index (χ4n) is 3.70. The van der Waals surface area contributed by atoms with E-state index in [1.165, 1.54) is 0 Å². The monoisotopic (exact) mass is 351 g/mol. The molecule has 4 rings (SSSR count). The van der Waals surface area contributed by atoms with E-state index in [1.54, 1.807) is 11.8 Å². The molecular formula is C17H25N3O3S. The molecular weight excluding hydrogens is 326 g/mol. The lowest BCUT2D eigenvalue weighted by Gasteiger charge is -2.35. The van der Waals surface area contributed by atoms with Crippen LogP contribution in [0.5, 0.6) is 0 Å². The fourth-order valence-corrected chi connectivity index (χ4v) is 4.08. The Bertz CT molecular complexity index is 611. The molecule has 0 aromatic carbocycles. The molecule has 0 spiro atoms. The number of rotatable bonds is 5. The smallest absolute Gasteiger partial charge is 0.228 e. The molecule has 0 N–H and O–H groups in total. The van der Waals surface area contributed by atoms with Crippen LogP contribution in [0.15, 0.2) is 4.52 Å². The van der Waals surface area contributed by atoms with Crippen molar-refractivity contribution in [3.8, 4) is 0 Å². The number of thioether (sulfide) groups is 1. The Labute approximate surface area is 146 Å². The third kappa shape index (κ3) is 3.31. The Kier molecular flexibility index (Phi) is 5.18. The van der Waals surface area contributed by atoms with Gasteiger partial charge in [0, 0.05) is 36.9 Å². The Morgan fingerprint density at radius 3 is 2.79 bits per heavy atom. The summed E-state index contributed by atoms with van der Waals surface area (Å²) in [6.07, 6.45) is 4.41. The van der Waals surface area contributed by atoms with Crippen LogP contribution in [0, 0.1) is 19.8 Å². The van der Waals surface area contributed by atoms with Crippen molar-refractivity contribution in [1.29, 1.82) is 0 Å². The predicted octanol–water partition coefficient (Wildman–Crippen LogP) is 1.99. The van der Waals surface area contributed by atoms with E-state index < -0.39 is 0 Å². The minimum atomic E-state index is -0.0672. The SMILES string of the molecule is CSCCC(=O)N1C[C@H]2CC[C@@H](C1)N(Cc1c(C)noc1C)C2=O. The van der Waals surface area contributed by atoms with Gasteiger partial charge in [0.2, 0.25) is 11.8 Å². The first-order valence-corrected chi connectivity index (χ1v) is 9.89. The van der Waals surface area contributed by atoms with E-state index in [0.717, 1.165) is 35.6 Å². The third-order valence-corrected chi connectivity index (χ3v) is 5.79. The summed E-state index contributed by atoms with van der Waals surface area (Å²) in [7, 11) is 0. The molecule has 4 heterocycles. The van der Waals surface area contributed by atoms with Crippen LogP contribution in [0.3, 0.4) is 0 Å². The summed E-state index contributed by atoms with van der Waals surface area (Å²) in [6.45, 7) is 5.55. The second-order valence-corrected chi connectivity index (χ2v) is 7.72. The van der Waals surface area contributed by atoms with E-state index in [1.807, 2.05) is 29.9 Å². The van der Waals surface area contributed by atoms with Gasteiger partial charge in [-0.1, -0.05) is 5.16 Å². The van der Waals surface area contributed by atoms with E-state index in [9.17, 15) is 9.59 Å². The highest BCUT2D eigenvalue weighted by Crippen LogP contribution is 2.31. The number of hydrogen-bond donors (Lipinski definition) is 0. The highest BCUT2D eigenvalue weighted by atomic mass is 32.2. The number of carbonyl (C=O) groups excluding carboxylic acids is 2. The molecule has 3 aliphatic rings. The number of carbonyl (C=O) groups is 2. The van der Waals surface area contributed by atoms with Gasteiger partial charge in [-0.05, 0) is 32.9 Å². The molecule has 1 aromatic rings. The van der Waals surface area contributed by atoms with Gasteiger partial charge in [-0.3, -0.25) is 9.59 Å². The van der Waals surface area contributed by atoms with Gasteiger partial charge < -0.3 is 14.3 Å². The molecule has 0 unspecified atom stereocenters. The number of aromatic nitrogens is 1. The molecule has 132 valence electrons. The summed E-state index contributed by atoms with van der Waals surface area (Å²) in [4.78, 5) is 29.1. The highest BCUT2D eigenvalue weighted by molar-refractivity contribution is 7.98. The topological polar surface area (TPSA) is 66.7 Å². The maximum absolute atomic E-state index is 12.9. The molecule has 0 radical (unpaired) electrons. The van der Waals surface area contributed by atoms with Gasteiger partial charge in [0.15, 0.2) is 0 Å². The van der Waals surface area contributed by atoms with Crippen molar-refractivity contribution in [3.05, 3.63) is 17.0 Å². The lowest BCUT2D eigenvalue weighted by atomic mass is 9.93. The Balaban J connectivity index is 1.76. The van der Waals surface area contributed by atoms with Crippen LogP contribution in [0.1, 0.15) is 36.3 Å². The van der Waals surface area contributed by atoms with Gasteiger partial charge in [-0.2, -0.15) is 11.8 Å². The molecule has 2 atom stereocenters. The number of aryl methyl sites for hydroxylation is 2. The standard InChI is InChI=1S/C17H25N3O3S/c1-11-15(12(2)23-18-11)10-20-14-5-4-13(17(20)22)8-19(9-14)16(21)6-7-24-3/h13-14H,4-10H2,1-3H3/t13-,14+/m1/s1. The normalized spacial score (nSPS) is 23.7. The summed E-state index contributed by atoms with van der Waals surface area (Å²) in [6, 6.07) is 0.100. The highest BCUT2D eigenvalue weighted by Gasteiger charge is 2.42. The van der Waals surface area contributed by atoms with Gasteiger partial charge >= 0.3 is 0 Å². The minimum absolute atomic E-state index is 0.0672. The number of amides is 2. The first-order chi connectivity index (χ1) is 11.5. The Morgan fingerprint density at radius 1 is 1.33 bits per heavy atom. The van der Waals surface area contributed by atoms with Gasteiger partial charge in [0.25, 0.3) is 0 Å². The summed E-state index contributed by atoms with van der Waals surface area (Å²) in [5.41, 5.74) is 1.84. The van der Waals surface area contributed by atoms with Gasteiger partial charge in [0.1, 0.15) is 5.76 Å². The third-order valence-electron chi connectivity index (χ3n) is 5.18. The van der Waals surface area contributed by atoms with Crippen molar-refractivity contribution in [1.82, 2.24) is 15.0 Å². The van der Waals surface area contributed by atoms with Crippen LogP contribution in [0.2, 0.25) is 0 Å². The van der Waals surface area contributed by atoms with Crippen LogP contribution in [0.25, 0.3) is 0 Å². The Morgan fingerprint density at radius 2 is 2.12 bits per heavy atom. The molecule has 6 nitrogen and oxygen atoms in total. The maximum Gasteiger partial charge on any atom is 0.228 e. The van der Waals surface area contributed by atoms with E-state index in [-0.39, 0.29) is 23.8 Å². The van der Waals surface area contributed by atoms with Crippen LogP contribution in [0.4, 0.5) is 0 Å². The average molecular weight is 351 g/mol. The fraction of sp³-hybridized carbons (Fsp3) is 0.706. The van der Waals surface area contributed by atoms with Gasteiger partial charge in [-0.25, -0.2) is 0 Å². The van der Waals surface area contributed by atoms with Crippen molar-refractivity contribution >= 4 is 23.6 Å². The summed E-state index contributed by atoms with van der Waals surface area (Å²) < 4.78 is 5.23. The zero-order chi connectivity index (χ0) is 17.3. The van der Waals surface area contributed by atoms with Gasteiger partial charge in [0.05, 0.1) is 18.2 Å². The quantitative estimate of drug-likeness (QED) is 0.812. The molecule has 3 aliphatic heterocycles. The van der Waals surface area contributed by atoms with E-state index in [2.05, 4.69) is 5.16 Å². The predicted molar refractivity (Wildman–Crippen MR) is 92.6 cm³/mol. The molecule has 24 heavy (non-hydrogen) atoms. The second-order valence-electron chi connectivity index (χ2n) is 6.74. The molecule has 1 aromatic heterocycles. The first-order valence-electron chi connectivity index (χ1n) is 8.50. The molecule has 0 saturated carbocycles. The van der Waals surface area contributed by atoms with Crippen molar-refractivity contribution in [2.45, 2.75) is 45.7 Å². The number of fused-ring (bicyclic) bond motifs is 4. The van der Waals surface area contributed by atoms with Gasteiger partial charge in [-0.15, -0.1) is 0 Å². The maximum atomic E-state index is 12.9. The zero-order valence-corrected chi connectivity index (χ0v) is 15.4. The molecule has 2 bridgehead atoms. The van der Waals surface area contributed by atoms with Crippen LogP contribution in [-0.4, -0.2) is 57.9 Å². The number of piperidine rings is 1. The molecule has 3 fully saturated rings. The summed E-state index contributed by atoms with van der Waals surface area (Å²) >= 11 is 1.68. The van der Waals surface area contributed by atoms with Crippen molar-refractivity contribution in [3.63, 3.8) is 0 Å². The average Bonchev–Trinajstić information content (AvgIpc) is 2.75. The van der Waals surface area contributed by atoms with Crippen molar-refractivity contribution < 1.29 is 14.1 Å². The largest absolute Gasteiger partial charge is 0.361 e.